The molecule has 2 aromatic heterocycles. The fourth-order valence-corrected chi connectivity index (χ4v) is 1.37. The first-order chi connectivity index (χ1) is 7.81. The topological polar surface area (TPSA) is 88.2 Å². The number of aromatic nitrogens is 5. The molecule has 1 unspecified atom stereocenters. The summed E-state index contributed by atoms with van der Waals surface area (Å²) in [4.78, 5) is 4.01. The van der Waals surface area contributed by atoms with Crippen LogP contribution in [0.1, 0.15) is 19.8 Å². The molecule has 2 rings (SSSR count). The molecule has 0 amide bonds. The molecule has 2 heterocycles. The van der Waals surface area contributed by atoms with Crippen molar-refractivity contribution >= 4 is 11.5 Å². The van der Waals surface area contributed by atoms with Crippen molar-refractivity contribution < 1.29 is 5.11 Å². The van der Waals surface area contributed by atoms with Crippen LogP contribution in [0, 0.1) is 0 Å². The van der Waals surface area contributed by atoms with Gasteiger partial charge in [-0.25, -0.2) is 0 Å². The van der Waals surface area contributed by atoms with E-state index < -0.39 is 0 Å². The van der Waals surface area contributed by atoms with Crippen LogP contribution in [0.4, 0.5) is 5.82 Å². The maximum atomic E-state index is 9.41. The third-order valence-electron chi connectivity index (χ3n) is 2.36. The molecular weight excluding hydrogens is 208 g/mol. The van der Waals surface area contributed by atoms with Crippen LogP contribution in [0.3, 0.4) is 0 Å². The first kappa shape index (κ1) is 10.7. The van der Waals surface area contributed by atoms with Gasteiger partial charge in [-0.05, 0) is 23.3 Å². The number of nitrogens with one attached hydrogen (secondary N) is 1. The van der Waals surface area contributed by atoms with Gasteiger partial charge in [0, 0.05) is 6.54 Å². The number of aliphatic hydroxyl groups is 1. The average molecular weight is 222 g/mol. The minimum absolute atomic E-state index is 0.270. The highest BCUT2D eigenvalue weighted by Crippen LogP contribution is 2.06. The standard InChI is InChI=1S/C9H14N6O/c1-2-7(16)3-4-11-8-5-10-6-9-12-13-14-15(8)9/h5-7,11,16H,2-4H2,1H3. The van der Waals surface area contributed by atoms with Crippen molar-refractivity contribution in [2.24, 2.45) is 0 Å². The number of anilines is 1. The molecule has 86 valence electrons. The predicted molar refractivity (Wildman–Crippen MR) is 58.0 cm³/mol. The number of hydrogen-bond donors (Lipinski definition) is 2. The molecule has 7 nitrogen and oxygen atoms in total. The second-order valence-corrected chi connectivity index (χ2v) is 3.52. The van der Waals surface area contributed by atoms with Gasteiger partial charge in [-0.3, -0.25) is 4.98 Å². The van der Waals surface area contributed by atoms with Gasteiger partial charge in [0.05, 0.1) is 18.5 Å². The number of aliphatic hydroxyl groups excluding tert-OH is 1. The summed E-state index contributed by atoms with van der Waals surface area (Å²) in [5.74, 6) is 0.728. The first-order valence-electron chi connectivity index (χ1n) is 5.25. The highest BCUT2D eigenvalue weighted by Gasteiger charge is 2.04. The van der Waals surface area contributed by atoms with Crippen LogP contribution in [0.2, 0.25) is 0 Å². The van der Waals surface area contributed by atoms with Crippen molar-refractivity contribution in [3.05, 3.63) is 12.4 Å². The zero-order chi connectivity index (χ0) is 11.4. The van der Waals surface area contributed by atoms with Crippen molar-refractivity contribution in [1.82, 2.24) is 25.0 Å². The number of fused-ring (bicyclic) bond motifs is 1. The lowest BCUT2D eigenvalue weighted by atomic mass is 10.2. The minimum atomic E-state index is -0.270. The Kier molecular flexibility index (Phi) is 3.25. The summed E-state index contributed by atoms with van der Waals surface area (Å²) in [5, 5.41) is 23.7. The van der Waals surface area contributed by atoms with Crippen molar-refractivity contribution in [3.8, 4) is 0 Å². The lowest BCUT2D eigenvalue weighted by Crippen LogP contribution is -2.14. The molecule has 0 saturated heterocycles. The SMILES string of the molecule is CCC(O)CCNc1cncc2nnnn12. The third kappa shape index (κ3) is 2.25. The monoisotopic (exact) mass is 222 g/mol. The second kappa shape index (κ2) is 4.84. The summed E-state index contributed by atoms with van der Waals surface area (Å²) in [6.07, 6.45) is 4.42. The number of rotatable bonds is 5. The highest BCUT2D eigenvalue weighted by molar-refractivity contribution is 5.43. The average Bonchev–Trinajstić information content (AvgIpc) is 2.77. The molecule has 2 aromatic rings. The van der Waals surface area contributed by atoms with Crippen LogP contribution in [0.25, 0.3) is 5.65 Å². The van der Waals surface area contributed by atoms with Gasteiger partial charge >= 0.3 is 0 Å². The Labute approximate surface area is 92.5 Å². The summed E-state index contributed by atoms with van der Waals surface area (Å²) in [7, 11) is 0. The maximum Gasteiger partial charge on any atom is 0.199 e. The molecule has 0 aliphatic rings. The smallest absolute Gasteiger partial charge is 0.199 e. The Morgan fingerprint density at radius 1 is 1.50 bits per heavy atom. The second-order valence-electron chi connectivity index (χ2n) is 3.52. The van der Waals surface area contributed by atoms with Gasteiger partial charge in [0.1, 0.15) is 5.82 Å². The fourth-order valence-electron chi connectivity index (χ4n) is 1.37. The van der Waals surface area contributed by atoms with Crippen molar-refractivity contribution in [3.63, 3.8) is 0 Å². The van der Waals surface area contributed by atoms with Crippen LogP contribution in [-0.2, 0) is 0 Å². The molecule has 2 N–H and O–H groups in total. The summed E-state index contributed by atoms with van der Waals surface area (Å²) in [6, 6.07) is 0. The van der Waals surface area contributed by atoms with Gasteiger partial charge in [-0.15, -0.1) is 5.10 Å². The summed E-state index contributed by atoms with van der Waals surface area (Å²) >= 11 is 0. The van der Waals surface area contributed by atoms with E-state index in [2.05, 4.69) is 25.8 Å². The zero-order valence-corrected chi connectivity index (χ0v) is 9.04. The zero-order valence-electron chi connectivity index (χ0n) is 9.04. The number of hydrogen-bond acceptors (Lipinski definition) is 6. The molecule has 16 heavy (non-hydrogen) atoms. The van der Waals surface area contributed by atoms with E-state index in [-0.39, 0.29) is 6.10 Å². The lowest BCUT2D eigenvalue weighted by Gasteiger charge is -2.09. The molecule has 0 fully saturated rings. The minimum Gasteiger partial charge on any atom is -0.393 e. The molecule has 0 aliphatic carbocycles. The van der Waals surface area contributed by atoms with Crippen LogP contribution in [-0.4, -0.2) is 42.8 Å². The summed E-state index contributed by atoms with van der Waals surface area (Å²) in [5.41, 5.74) is 0.598. The summed E-state index contributed by atoms with van der Waals surface area (Å²) in [6.45, 7) is 2.62. The highest BCUT2D eigenvalue weighted by atomic mass is 16.3. The van der Waals surface area contributed by atoms with Crippen molar-refractivity contribution in [1.29, 1.82) is 0 Å². The number of tetrazole rings is 1. The van der Waals surface area contributed by atoms with E-state index in [1.807, 2.05) is 6.92 Å². The van der Waals surface area contributed by atoms with Gasteiger partial charge < -0.3 is 10.4 Å². The molecule has 0 radical (unpaired) electrons. The lowest BCUT2D eigenvalue weighted by molar-refractivity contribution is 0.164. The van der Waals surface area contributed by atoms with E-state index >= 15 is 0 Å². The molecule has 0 bridgehead atoms. The van der Waals surface area contributed by atoms with Crippen LogP contribution >= 0.6 is 0 Å². The fraction of sp³-hybridized carbons (Fsp3) is 0.556. The van der Waals surface area contributed by atoms with Gasteiger partial charge in [-0.1, -0.05) is 6.92 Å². The van der Waals surface area contributed by atoms with E-state index in [0.717, 1.165) is 12.2 Å². The maximum absolute atomic E-state index is 9.41. The quantitative estimate of drug-likeness (QED) is 0.745. The molecule has 1 atom stereocenters. The molecular formula is C9H14N6O. The number of nitrogens with zero attached hydrogens (tertiary/aromatic N) is 5. The Morgan fingerprint density at radius 2 is 2.38 bits per heavy atom. The Bertz CT molecular complexity index is 456. The van der Waals surface area contributed by atoms with E-state index in [0.29, 0.717) is 18.6 Å². The Morgan fingerprint density at radius 3 is 3.19 bits per heavy atom. The first-order valence-corrected chi connectivity index (χ1v) is 5.25. The van der Waals surface area contributed by atoms with Crippen LogP contribution in [0.5, 0.6) is 0 Å². The molecule has 0 aliphatic heterocycles. The van der Waals surface area contributed by atoms with Crippen molar-refractivity contribution in [2.45, 2.75) is 25.9 Å². The Balaban J connectivity index is 2.01. The van der Waals surface area contributed by atoms with Gasteiger partial charge in [-0.2, -0.15) is 4.52 Å². The van der Waals surface area contributed by atoms with E-state index in [9.17, 15) is 5.11 Å². The largest absolute Gasteiger partial charge is 0.393 e. The molecule has 0 saturated carbocycles. The third-order valence-corrected chi connectivity index (χ3v) is 2.36. The molecule has 7 heteroatoms. The van der Waals surface area contributed by atoms with E-state index in [1.165, 1.54) is 0 Å². The summed E-state index contributed by atoms with van der Waals surface area (Å²) < 4.78 is 1.57. The van der Waals surface area contributed by atoms with Gasteiger partial charge in [0.2, 0.25) is 0 Å². The Hall–Kier alpha value is -1.76. The molecule has 0 spiro atoms. The van der Waals surface area contributed by atoms with Crippen LogP contribution in [0.15, 0.2) is 12.4 Å². The van der Waals surface area contributed by atoms with E-state index in [1.54, 1.807) is 16.9 Å². The predicted octanol–water partition coefficient (Wildman–Crippen LogP) is 0.0922. The van der Waals surface area contributed by atoms with Crippen molar-refractivity contribution in [2.75, 3.05) is 11.9 Å². The van der Waals surface area contributed by atoms with E-state index in [4.69, 9.17) is 0 Å². The van der Waals surface area contributed by atoms with Gasteiger partial charge in [0.25, 0.3) is 0 Å². The normalized spacial score (nSPS) is 12.9. The van der Waals surface area contributed by atoms with Crippen LogP contribution < -0.4 is 5.32 Å². The van der Waals surface area contributed by atoms with Gasteiger partial charge in [0.15, 0.2) is 5.65 Å². The molecule has 0 aromatic carbocycles.